The number of hydrogen-bond donors (Lipinski definition) is 0. The Balaban J connectivity index is 2.21. The number of thiophene rings is 1. The second-order valence-electron chi connectivity index (χ2n) is 7.76. The average Bonchev–Trinajstić information content (AvgIpc) is 3.35. The van der Waals surface area contributed by atoms with Crippen molar-refractivity contribution in [3.8, 4) is 0 Å². The minimum absolute atomic E-state index is 0.0242. The van der Waals surface area contributed by atoms with Crippen LogP contribution in [0.2, 0.25) is 0 Å². The van der Waals surface area contributed by atoms with E-state index in [-0.39, 0.29) is 11.8 Å². The SMILES string of the molecule is COC(=O)C(c1ccc(C(C)=O)s1)P(Br)(c1ccccc1)(c1ccccc1)c1ccccc1. The molecule has 1 atom stereocenters. The Kier molecular flexibility index (Phi) is 6.67. The van der Waals surface area contributed by atoms with Gasteiger partial charge in [-0.2, -0.15) is 0 Å². The van der Waals surface area contributed by atoms with E-state index in [2.05, 4.69) is 51.9 Å². The third-order valence-corrected chi connectivity index (χ3v) is 17.7. The molecule has 0 saturated carbocycles. The number of halogens is 1. The van der Waals surface area contributed by atoms with Crippen molar-refractivity contribution in [1.82, 2.24) is 0 Å². The van der Waals surface area contributed by atoms with Crippen molar-refractivity contribution < 1.29 is 14.3 Å². The number of Topliss-reactive ketones (excluding diaryl/α,β-unsaturated/α-hetero) is 1. The molecule has 0 amide bonds. The molecule has 1 heterocycles. The van der Waals surface area contributed by atoms with Gasteiger partial charge in [-0.15, -0.1) is 0 Å². The summed E-state index contributed by atoms with van der Waals surface area (Å²) in [5.41, 5.74) is -0.689. The van der Waals surface area contributed by atoms with Crippen molar-refractivity contribution in [1.29, 1.82) is 0 Å². The van der Waals surface area contributed by atoms with E-state index < -0.39 is 11.0 Å². The van der Waals surface area contributed by atoms with Gasteiger partial charge in [-0.25, -0.2) is 0 Å². The quantitative estimate of drug-likeness (QED) is 0.164. The number of carbonyl (C=O) groups is 2. The average molecular weight is 539 g/mol. The zero-order valence-electron chi connectivity index (χ0n) is 18.4. The molecule has 0 aliphatic rings. The van der Waals surface area contributed by atoms with Gasteiger partial charge in [0.1, 0.15) is 0 Å². The first-order chi connectivity index (χ1) is 15.9. The van der Waals surface area contributed by atoms with Crippen molar-refractivity contribution in [2.75, 3.05) is 7.11 Å². The molecular formula is C27H24BrO3PS. The summed E-state index contributed by atoms with van der Waals surface area (Å²) in [6, 6.07) is 34.0. The molecule has 4 rings (SSSR count). The fourth-order valence-corrected chi connectivity index (χ4v) is 14.9. The Hall–Kier alpha value is -2.59. The van der Waals surface area contributed by atoms with Gasteiger partial charge in [0, 0.05) is 0 Å². The van der Waals surface area contributed by atoms with E-state index in [4.69, 9.17) is 4.74 Å². The summed E-state index contributed by atoms with van der Waals surface area (Å²) in [7, 11) is 1.42. The van der Waals surface area contributed by atoms with Crippen LogP contribution in [0.1, 0.15) is 27.1 Å². The predicted molar refractivity (Wildman–Crippen MR) is 143 cm³/mol. The van der Waals surface area contributed by atoms with Crippen molar-refractivity contribution in [3.63, 3.8) is 0 Å². The van der Waals surface area contributed by atoms with Crippen LogP contribution in [0.3, 0.4) is 0 Å². The van der Waals surface area contributed by atoms with Crippen LogP contribution in [0.4, 0.5) is 0 Å². The Morgan fingerprint density at radius 2 is 1.18 bits per heavy atom. The molecule has 0 saturated heterocycles. The zero-order chi connectivity index (χ0) is 23.5. The molecule has 1 aromatic heterocycles. The van der Waals surface area contributed by atoms with Gasteiger partial charge in [0.25, 0.3) is 0 Å². The maximum absolute atomic E-state index is 13.8. The van der Waals surface area contributed by atoms with E-state index in [1.807, 2.05) is 60.7 Å². The molecule has 0 bridgehead atoms. The molecule has 3 nitrogen and oxygen atoms in total. The summed E-state index contributed by atoms with van der Waals surface area (Å²) >= 11 is 5.71. The van der Waals surface area contributed by atoms with Crippen LogP contribution in [0.25, 0.3) is 0 Å². The predicted octanol–water partition coefficient (Wildman–Crippen LogP) is 6.00. The molecule has 0 radical (unpaired) electrons. The second-order valence-corrected chi connectivity index (χ2v) is 17.5. The maximum atomic E-state index is 13.8. The molecule has 0 N–H and O–H groups in total. The Bertz CT molecular complexity index is 1170. The molecule has 0 fully saturated rings. The van der Waals surface area contributed by atoms with Crippen LogP contribution in [-0.2, 0) is 9.53 Å². The first-order valence-electron chi connectivity index (χ1n) is 10.5. The van der Waals surface area contributed by atoms with Gasteiger partial charge in [0.2, 0.25) is 0 Å². The van der Waals surface area contributed by atoms with Crippen molar-refractivity contribution in [2.24, 2.45) is 0 Å². The van der Waals surface area contributed by atoms with Crippen molar-refractivity contribution >= 4 is 59.8 Å². The summed E-state index contributed by atoms with van der Waals surface area (Å²) in [6.07, 6.45) is 0. The molecule has 0 spiro atoms. The number of rotatable bonds is 7. The summed E-state index contributed by atoms with van der Waals surface area (Å²) in [6.45, 7) is 1.54. The number of esters is 1. The van der Waals surface area contributed by atoms with E-state index in [1.54, 1.807) is 13.0 Å². The molecule has 168 valence electrons. The molecule has 0 aliphatic carbocycles. The first kappa shape index (κ1) is 23.6. The molecule has 0 aliphatic heterocycles. The van der Waals surface area contributed by atoms with Gasteiger partial charge in [-0.3, -0.25) is 0 Å². The third-order valence-electron chi connectivity index (χ3n) is 5.94. The van der Waals surface area contributed by atoms with Crippen LogP contribution < -0.4 is 15.9 Å². The van der Waals surface area contributed by atoms with E-state index in [9.17, 15) is 9.59 Å². The standard InChI is InChI=1S/C27H24BrO3PS/c1-20(29)24-18-19-25(33-24)26(27(30)31-2)32(28,21-12-6-3-7-13-21,22-14-8-4-9-15-22)23-16-10-5-11-17-23/h3-19,26H,1-2H3. The fraction of sp³-hybridized carbons (Fsp3) is 0.111. The number of ketones is 1. The van der Waals surface area contributed by atoms with Gasteiger partial charge in [-0.05, 0) is 0 Å². The topological polar surface area (TPSA) is 43.4 Å². The Morgan fingerprint density at radius 1 is 0.758 bits per heavy atom. The van der Waals surface area contributed by atoms with E-state index >= 15 is 0 Å². The number of ether oxygens (including phenoxy) is 1. The second kappa shape index (κ2) is 9.34. The van der Waals surface area contributed by atoms with E-state index in [0.717, 1.165) is 20.8 Å². The normalized spacial score (nSPS) is 13.5. The van der Waals surface area contributed by atoms with Crippen molar-refractivity contribution in [2.45, 2.75) is 12.6 Å². The molecule has 4 aromatic rings. The molecule has 3 aromatic carbocycles. The van der Waals surface area contributed by atoms with E-state index in [0.29, 0.717) is 4.88 Å². The summed E-state index contributed by atoms with van der Waals surface area (Å²) in [4.78, 5) is 27.3. The summed E-state index contributed by atoms with van der Waals surface area (Å²) in [5, 5.41) is -0.667. The van der Waals surface area contributed by atoms with Crippen LogP contribution in [-0.4, -0.2) is 18.9 Å². The minimum atomic E-state index is -3.69. The fourth-order valence-electron chi connectivity index (χ4n) is 4.41. The van der Waals surface area contributed by atoms with Crippen LogP contribution >= 0.6 is 32.1 Å². The Labute approximate surface area is 206 Å². The van der Waals surface area contributed by atoms with Gasteiger partial charge >= 0.3 is 207 Å². The zero-order valence-corrected chi connectivity index (χ0v) is 21.6. The monoisotopic (exact) mass is 538 g/mol. The summed E-state index contributed by atoms with van der Waals surface area (Å²) < 4.78 is 5.46. The van der Waals surface area contributed by atoms with Gasteiger partial charge in [0.15, 0.2) is 0 Å². The number of benzene rings is 3. The van der Waals surface area contributed by atoms with Gasteiger partial charge in [-0.1, -0.05) is 0 Å². The van der Waals surface area contributed by atoms with Gasteiger partial charge in [0.05, 0.1) is 0 Å². The molecule has 6 heteroatoms. The number of hydrogen-bond acceptors (Lipinski definition) is 4. The first-order valence-corrected chi connectivity index (χ1v) is 15.6. The van der Waals surface area contributed by atoms with Crippen LogP contribution in [0.5, 0.6) is 0 Å². The third kappa shape index (κ3) is 3.78. The number of methoxy groups -OCH3 is 1. The summed E-state index contributed by atoms with van der Waals surface area (Å²) in [5.74, 6) is -0.373. The van der Waals surface area contributed by atoms with Crippen molar-refractivity contribution in [3.05, 3.63) is 113 Å². The Morgan fingerprint density at radius 3 is 1.52 bits per heavy atom. The van der Waals surface area contributed by atoms with E-state index in [1.165, 1.54) is 18.4 Å². The van der Waals surface area contributed by atoms with Crippen LogP contribution in [0, 0.1) is 0 Å². The van der Waals surface area contributed by atoms with Gasteiger partial charge < -0.3 is 0 Å². The molecule has 1 unspecified atom stereocenters. The molecule has 33 heavy (non-hydrogen) atoms. The molecular weight excluding hydrogens is 515 g/mol. The van der Waals surface area contributed by atoms with Crippen LogP contribution in [0.15, 0.2) is 103 Å². The number of carbonyl (C=O) groups excluding carboxylic acids is 2.